The van der Waals surface area contributed by atoms with Gasteiger partial charge in [0.25, 0.3) is 0 Å². The van der Waals surface area contributed by atoms with Crippen molar-refractivity contribution in [2.45, 2.75) is 0 Å². The summed E-state index contributed by atoms with van der Waals surface area (Å²) in [5, 5.41) is 7.39. The van der Waals surface area contributed by atoms with Crippen molar-refractivity contribution >= 4 is 54.4 Å². The van der Waals surface area contributed by atoms with Gasteiger partial charge in [-0.05, 0) is 47.2 Å². The van der Waals surface area contributed by atoms with E-state index < -0.39 is 0 Å². The molecule has 224 valence electrons. The fraction of sp³-hybridized carbons (Fsp3) is 0. The lowest BCUT2D eigenvalue weighted by Gasteiger charge is -2.12. The molecular weight excluding hydrogens is 585 g/mol. The van der Waals surface area contributed by atoms with Crippen molar-refractivity contribution < 1.29 is 0 Å². The highest BCUT2D eigenvalue weighted by molar-refractivity contribution is 6.25. The molecule has 0 bridgehead atoms. The Morgan fingerprint density at radius 3 is 1.81 bits per heavy atom. The summed E-state index contributed by atoms with van der Waals surface area (Å²) in [6, 6.07) is 60.1. The molecule has 4 nitrogen and oxygen atoms in total. The van der Waals surface area contributed by atoms with E-state index in [1.54, 1.807) is 0 Å². The molecule has 48 heavy (non-hydrogen) atoms. The normalized spacial score (nSPS) is 11.8. The molecule has 7 aromatic carbocycles. The number of benzene rings is 7. The largest absolute Gasteiger partial charge is 0.309 e. The Bertz CT molecular complexity index is 2760. The zero-order chi connectivity index (χ0) is 31.6. The molecule has 3 heterocycles. The highest BCUT2D eigenvalue weighted by Crippen LogP contribution is 2.42. The van der Waals surface area contributed by atoms with Gasteiger partial charge in [-0.2, -0.15) is 0 Å². The molecule has 0 unspecified atom stereocenters. The van der Waals surface area contributed by atoms with Crippen LogP contribution in [0.4, 0.5) is 0 Å². The Morgan fingerprint density at radius 2 is 1.02 bits per heavy atom. The van der Waals surface area contributed by atoms with E-state index in [1.807, 2.05) is 24.3 Å². The average molecular weight is 613 g/mol. The number of hydrogen-bond acceptors (Lipinski definition) is 2. The maximum atomic E-state index is 5.26. The van der Waals surface area contributed by atoms with E-state index in [2.05, 4.69) is 155 Å². The van der Waals surface area contributed by atoms with Gasteiger partial charge in [0.2, 0.25) is 0 Å². The quantitative estimate of drug-likeness (QED) is 0.198. The van der Waals surface area contributed by atoms with Crippen LogP contribution >= 0.6 is 0 Å². The van der Waals surface area contributed by atoms with Crippen molar-refractivity contribution in [3.63, 3.8) is 0 Å². The number of aromatic nitrogens is 4. The van der Waals surface area contributed by atoms with Crippen LogP contribution in [-0.4, -0.2) is 19.1 Å². The third-order valence-electron chi connectivity index (χ3n) is 9.51. The molecule has 0 radical (unpaired) electrons. The summed E-state index contributed by atoms with van der Waals surface area (Å²) in [5.74, 6) is 1.53. The molecule has 0 aliphatic carbocycles. The van der Waals surface area contributed by atoms with Gasteiger partial charge in [0, 0.05) is 44.4 Å². The van der Waals surface area contributed by atoms with Crippen molar-refractivity contribution in [3.05, 3.63) is 170 Å². The topological polar surface area (TPSA) is 35.6 Å². The van der Waals surface area contributed by atoms with Crippen molar-refractivity contribution in [1.29, 1.82) is 0 Å². The summed E-state index contributed by atoms with van der Waals surface area (Å²) < 4.78 is 4.72. The maximum Gasteiger partial charge on any atom is 0.162 e. The zero-order valence-corrected chi connectivity index (χ0v) is 26.0. The van der Waals surface area contributed by atoms with Gasteiger partial charge < -0.3 is 4.57 Å². The number of rotatable bonds is 4. The van der Waals surface area contributed by atoms with Crippen LogP contribution in [0.25, 0.3) is 88.5 Å². The second-order valence-electron chi connectivity index (χ2n) is 12.3. The average Bonchev–Trinajstić information content (AvgIpc) is 3.67. The molecule has 10 aromatic rings. The lowest BCUT2D eigenvalue weighted by Crippen LogP contribution is -2.02. The monoisotopic (exact) mass is 612 g/mol. The molecule has 4 heteroatoms. The van der Waals surface area contributed by atoms with E-state index >= 15 is 0 Å². The van der Waals surface area contributed by atoms with Crippen molar-refractivity contribution in [2.24, 2.45) is 0 Å². The summed E-state index contributed by atoms with van der Waals surface area (Å²) in [5.41, 5.74) is 8.61. The van der Waals surface area contributed by atoms with Gasteiger partial charge >= 0.3 is 0 Å². The minimum Gasteiger partial charge on any atom is -0.309 e. The van der Waals surface area contributed by atoms with Crippen LogP contribution < -0.4 is 0 Å². The Morgan fingerprint density at radius 1 is 0.375 bits per heavy atom. The lowest BCUT2D eigenvalue weighted by atomic mass is 10.0. The first-order chi connectivity index (χ1) is 23.8. The van der Waals surface area contributed by atoms with E-state index in [1.165, 1.54) is 37.8 Å². The Balaban J connectivity index is 1.36. The van der Waals surface area contributed by atoms with Crippen LogP contribution in [0.2, 0.25) is 0 Å². The van der Waals surface area contributed by atoms with E-state index in [-0.39, 0.29) is 0 Å². The molecule has 0 atom stereocenters. The molecule has 0 amide bonds. The van der Waals surface area contributed by atoms with Crippen LogP contribution in [0, 0.1) is 0 Å². The maximum absolute atomic E-state index is 5.26. The van der Waals surface area contributed by atoms with Crippen LogP contribution in [0.1, 0.15) is 0 Å². The first-order valence-corrected chi connectivity index (χ1v) is 16.3. The molecule has 3 aromatic heterocycles. The van der Waals surface area contributed by atoms with Gasteiger partial charge in [-0.25, -0.2) is 9.97 Å². The second kappa shape index (κ2) is 10.5. The molecule has 0 spiro atoms. The van der Waals surface area contributed by atoms with Gasteiger partial charge in [0.05, 0.1) is 27.8 Å². The van der Waals surface area contributed by atoms with E-state index in [9.17, 15) is 0 Å². The molecular formula is C44H28N4. The fourth-order valence-corrected chi connectivity index (χ4v) is 7.37. The van der Waals surface area contributed by atoms with Gasteiger partial charge in [0.1, 0.15) is 5.82 Å². The number of nitrogens with zero attached hydrogens (tertiary/aromatic N) is 4. The molecule has 0 aliphatic heterocycles. The van der Waals surface area contributed by atoms with E-state index in [0.29, 0.717) is 5.82 Å². The summed E-state index contributed by atoms with van der Waals surface area (Å²) in [4.78, 5) is 10.3. The third-order valence-corrected chi connectivity index (χ3v) is 9.51. The van der Waals surface area contributed by atoms with Gasteiger partial charge in [-0.1, -0.05) is 127 Å². The van der Waals surface area contributed by atoms with Crippen molar-refractivity contribution in [1.82, 2.24) is 19.1 Å². The summed E-state index contributed by atoms with van der Waals surface area (Å²) in [6.07, 6.45) is 0. The van der Waals surface area contributed by atoms with Crippen LogP contribution in [0.5, 0.6) is 0 Å². The molecule has 0 N–H and O–H groups in total. The van der Waals surface area contributed by atoms with Crippen LogP contribution in [-0.2, 0) is 0 Å². The summed E-state index contributed by atoms with van der Waals surface area (Å²) in [7, 11) is 0. The Hall–Kier alpha value is -6.52. The van der Waals surface area contributed by atoms with E-state index in [0.717, 1.165) is 44.9 Å². The first kappa shape index (κ1) is 26.7. The van der Waals surface area contributed by atoms with Crippen molar-refractivity contribution in [2.75, 3.05) is 0 Å². The first-order valence-electron chi connectivity index (χ1n) is 16.3. The molecule has 0 saturated carbocycles. The Labute approximate surface area is 276 Å². The van der Waals surface area contributed by atoms with E-state index in [4.69, 9.17) is 9.97 Å². The molecule has 0 fully saturated rings. The number of fused-ring (bicyclic) bond motifs is 8. The zero-order valence-electron chi connectivity index (χ0n) is 26.0. The smallest absolute Gasteiger partial charge is 0.162 e. The third kappa shape index (κ3) is 4.03. The molecule has 10 rings (SSSR count). The lowest BCUT2D eigenvalue weighted by molar-refractivity contribution is 1.05. The highest BCUT2D eigenvalue weighted by atomic mass is 15.1. The second-order valence-corrected chi connectivity index (χ2v) is 12.3. The van der Waals surface area contributed by atoms with Gasteiger partial charge in [-0.3, -0.25) is 4.57 Å². The van der Waals surface area contributed by atoms with Crippen LogP contribution in [0.3, 0.4) is 0 Å². The van der Waals surface area contributed by atoms with Crippen molar-refractivity contribution in [3.8, 4) is 34.2 Å². The minimum atomic E-state index is 0.698. The van der Waals surface area contributed by atoms with Crippen LogP contribution in [0.15, 0.2) is 170 Å². The number of hydrogen-bond donors (Lipinski definition) is 0. The highest BCUT2D eigenvalue weighted by Gasteiger charge is 2.21. The molecule has 0 saturated heterocycles. The number of para-hydroxylation sites is 2. The predicted molar refractivity (Wildman–Crippen MR) is 199 cm³/mol. The standard InChI is InChI=1S/C44H28N4/c1-4-15-30(16-5-1)37-27-42(46-44(45-37)31-17-6-2-7-18-31)48-38-23-13-12-22-34(38)35-26-36-41(28-40(35)48)47(32-19-8-3-9-20-32)39-25-24-29-14-10-11-21-33(29)43(36)39/h1-28H. The Kier molecular flexibility index (Phi) is 5.84. The summed E-state index contributed by atoms with van der Waals surface area (Å²) >= 11 is 0. The SMILES string of the molecule is c1ccc(-c2cc(-n3c4ccccc4c4cc5c6c7ccccc7ccc6n(-c6ccccc6)c5cc43)nc(-c3ccccc3)n2)cc1. The minimum absolute atomic E-state index is 0.698. The van der Waals surface area contributed by atoms with Gasteiger partial charge in [0.15, 0.2) is 5.82 Å². The molecule has 0 aliphatic rings. The summed E-state index contributed by atoms with van der Waals surface area (Å²) in [6.45, 7) is 0. The fourth-order valence-electron chi connectivity index (χ4n) is 7.37. The van der Waals surface area contributed by atoms with Gasteiger partial charge in [-0.15, -0.1) is 0 Å². The predicted octanol–water partition coefficient (Wildman–Crippen LogP) is 11.2.